The lowest BCUT2D eigenvalue weighted by molar-refractivity contribution is -0.127. The van der Waals surface area contributed by atoms with E-state index in [-0.39, 0.29) is 11.9 Å². The summed E-state index contributed by atoms with van der Waals surface area (Å²) in [4.78, 5) is 17.4. The molecule has 0 aromatic heterocycles. The molecule has 3 atom stereocenters. The van der Waals surface area contributed by atoms with Gasteiger partial charge in [0.05, 0.1) is 13.2 Å². The summed E-state index contributed by atoms with van der Waals surface area (Å²) in [6.45, 7) is 8.05. The van der Waals surface area contributed by atoms with Gasteiger partial charge in [0.15, 0.2) is 0 Å². The van der Waals surface area contributed by atoms with Crippen molar-refractivity contribution in [2.75, 3.05) is 38.2 Å². The Labute approximate surface area is 157 Å². The molecule has 1 amide bonds. The smallest absolute Gasteiger partial charge is 0.237 e. The Balaban J connectivity index is 1.49. The van der Waals surface area contributed by atoms with Crippen molar-refractivity contribution in [3.8, 4) is 5.75 Å². The van der Waals surface area contributed by atoms with Crippen molar-refractivity contribution < 1.29 is 9.53 Å². The van der Waals surface area contributed by atoms with Gasteiger partial charge in [0.1, 0.15) is 5.75 Å². The Morgan fingerprint density at radius 1 is 1.12 bits per heavy atom. The second-order valence-corrected chi connectivity index (χ2v) is 7.77. The number of nitrogens with zero attached hydrogens (tertiary/aromatic N) is 2. The van der Waals surface area contributed by atoms with Crippen LogP contribution in [0.15, 0.2) is 24.3 Å². The van der Waals surface area contributed by atoms with E-state index in [1.54, 1.807) is 7.11 Å². The lowest BCUT2D eigenvalue weighted by atomic mass is 9.86. The molecule has 1 aromatic rings. The van der Waals surface area contributed by atoms with Crippen LogP contribution in [0.4, 0.5) is 5.69 Å². The molecule has 0 unspecified atom stereocenters. The number of rotatable bonds is 5. The van der Waals surface area contributed by atoms with E-state index in [0.29, 0.717) is 12.0 Å². The summed E-state index contributed by atoms with van der Waals surface area (Å²) in [5.74, 6) is 1.68. The second kappa shape index (κ2) is 8.76. The Kier molecular flexibility index (Phi) is 6.41. The molecule has 0 radical (unpaired) electrons. The van der Waals surface area contributed by atoms with E-state index >= 15 is 0 Å². The lowest BCUT2D eigenvalue weighted by Gasteiger charge is -2.39. The monoisotopic (exact) mass is 359 g/mol. The van der Waals surface area contributed by atoms with Crippen LogP contribution in [0.5, 0.6) is 5.75 Å². The molecule has 1 heterocycles. The molecular weight excluding hydrogens is 326 g/mol. The molecule has 144 valence electrons. The number of ether oxygens (including phenoxy) is 1. The Morgan fingerprint density at radius 2 is 1.77 bits per heavy atom. The number of carbonyl (C=O) groups excluding carboxylic acids is 1. The molecule has 1 aliphatic carbocycles. The highest BCUT2D eigenvalue weighted by Gasteiger charge is 2.29. The van der Waals surface area contributed by atoms with Crippen molar-refractivity contribution in [3.63, 3.8) is 0 Å². The summed E-state index contributed by atoms with van der Waals surface area (Å²) in [5.41, 5.74) is 1.22. The number of hydrogen-bond acceptors (Lipinski definition) is 4. The third-order valence-electron chi connectivity index (χ3n) is 6.12. The van der Waals surface area contributed by atoms with Crippen molar-refractivity contribution in [1.29, 1.82) is 0 Å². The molecular formula is C21H33N3O2. The summed E-state index contributed by atoms with van der Waals surface area (Å²) in [6, 6.07) is 8.53. The van der Waals surface area contributed by atoms with E-state index in [1.165, 1.54) is 24.9 Å². The average molecular weight is 360 g/mol. The Bertz CT molecular complexity index is 581. The van der Waals surface area contributed by atoms with E-state index in [1.807, 2.05) is 19.1 Å². The molecule has 1 saturated carbocycles. The van der Waals surface area contributed by atoms with Crippen LogP contribution >= 0.6 is 0 Å². The van der Waals surface area contributed by atoms with Crippen LogP contribution in [-0.2, 0) is 4.79 Å². The zero-order valence-corrected chi connectivity index (χ0v) is 16.4. The fourth-order valence-electron chi connectivity index (χ4n) is 4.16. The Morgan fingerprint density at radius 3 is 2.38 bits per heavy atom. The van der Waals surface area contributed by atoms with E-state index in [0.717, 1.165) is 38.3 Å². The molecule has 3 rings (SSSR count). The van der Waals surface area contributed by atoms with Crippen molar-refractivity contribution in [1.82, 2.24) is 10.2 Å². The van der Waals surface area contributed by atoms with Gasteiger partial charge in [-0.05, 0) is 49.9 Å². The van der Waals surface area contributed by atoms with Gasteiger partial charge in [-0.3, -0.25) is 9.69 Å². The predicted octanol–water partition coefficient (Wildman–Crippen LogP) is 2.90. The van der Waals surface area contributed by atoms with Crippen LogP contribution in [0, 0.1) is 5.92 Å². The van der Waals surface area contributed by atoms with Crippen LogP contribution < -0.4 is 15.0 Å². The van der Waals surface area contributed by atoms with Crippen LogP contribution in [0.2, 0.25) is 0 Å². The van der Waals surface area contributed by atoms with Crippen molar-refractivity contribution >= 4 is 11.6 Å². The molecule has 0 bridgehead atoms. The number of anilines is 1. The first-order chi connectivity index (χ1) is 12.6. The molecule has 1 saturated heterocycles. The molecule has 5 heteroatoms. The average Bonchev–Trinajstić information content (AvgIpc) is 2.69. The third kappa shape index (κ3) is 4.50. The number of nitrogens with one attached hydrogen (secondary N) is 1. The highest BCUT2D eigenvalue weighted by molar-refractivity contribution is 5.81. The fraction of sp³-hybridized carbons (Fsp3) is 0.667. The number of benzene rings is 1. The first-order valence-corrected chi connectivity index (χ1v) is 10.0. The normalized spacial score (nSPS) is 25.6. The van der Waals surface area contributed by atoms with E-state index < -0.39 is 0 Å². The van der Waals surface area contributed by atoms with Crippen LogP contribution in [0.3, 0.4) is 0 Å². The van der Waals surface area contributed by atoms with Crippen molar-refractivity contribution in [2.24, 2.45) is 5.92 Å². The van der Waals surface area contributed by atoms with E-state index in [9.17, 15) is 4.79 Å². The molecule has 5 nitrogen and oxygen atoms in total. The first-order valence-electron chi connectivity index (χ1n) is 10.0. The van der Waals surface area contributed by atoms with E-state index in [2.05, 4.69) is 34.2 Å². The molecule has 1 aromatic carbocycles. The number of methoxy groups -OCH3 is 1. The van der Waals surface area contributed by atoms with Gasteiger partial charge in [0.2, 0.25) is 5.91 Å². The van der Waals surface area contributed by atoms with Gasteiger partial charge >= 0.3 is 0 Å². The first kappa shape index (κ1) is 19.0. The minimum atomic E-state index is -0.0536. The summed E-state index contributed by atoms with van der Waals surface area (Å²) in [6.07, 6.45) is 4.91. The van der Waals surface area contributed by atoms with Gasteiger partial charge in [-0.25, -0.2) is 0 Å². The van der Waals surface area contributed by atoms with Gasteiger partial charge in [-0.1, -0.05) is 19.8 Å². The van der Waals surface area contributed by atoms with Gasteiger partial charge in [-0.2, -0.15) is 0 Å². The SMILES string of the molecule is COc1ccc(N2CCN([C@H](C)C(=O)N[C@H]3CCCC[C@@H]3C)CC2)cc1. The summed E-state index contributed by atoms with van der Waals surface area (Å²) < 4.78 is 5.23. The maximum Gasteiger partial charge on any atom is 0.237 e. The molecule has 1 aliphatic heterocycles. The zero-order valence-electron chi connectivity index (χ0n) is 16.4. The molecule has 26 heavy (non-hydrogen) atoms. The summed E-state index contributed by atoms with van der Waals surface area (Å²) >= 11 is 0. The number of hydrogen-bond donors (Lipinski definition) is 1. The summed E-state index contributed by atoms with van der Waals surface area (Å²) in [7, 11) is 1.69. The van der Waals surface area contributed by atoms with Gasteiger partial charge in [0, 0.05) is 37.9 Å². The van der Waals surface area contributed by atoms with Gasteiger partial charge < -0.3 is 15.0 Å². The zero-order chi connectivity index (χ0) is 18.5. The maximum atomic E-state index is 12.7. The highest BCUT2D eigenvalue weighted by atomic mass is 16.5. The van der Waals surface area contributed by atoms with Gasteiger partial charge in [-0.15, -0.1) is 0 Å². The minimum Gasteiger partial charge on any atom is -0.497 e. The predicted molar refractivity (Wildman–Crippen MR) is 106 cm³/mol. The topological polar surface area (TPSA) is 44.8 Å². The molecule has 1 N–H and O–H groups in total. The van der Waals surface area contributed by atoms with Gasteiger partial charge in [0.25, 0.3) is 0 Å². The highest BCUT2D eigenvalue weighted by Crippen LogP contribution is 2.24. The standard InChI is InChI=1S/C21H33N3O2/c1-16-6-4-5-7-20(16)22-21(25)17(2)23-12-14-24(15-13-23)18-8-10-19(26-3)11-9-18/h8-11,16-17,20H,4-7,12-15H2,1-3H3,(H,22,25)/t16-,17+,20-/m0/s1. The maximum absolute atomic E-state index is 12.7. The second-order valence-electron chi connectivity index (χ2n) is 7.77. The lowest BCUT2D eigenvalue weighted by Crippen LogP contribution is -2.55. The Hall–Kier alpha value is -1.75. The number of carbonyl (C=O) groups is 1. The minimum absolute atomic E-state index is 0.0536. The largest absolute Gasteiger partial charge is 0.497 e. The van der Waals surface area contributed by atoms with E-state index in [4.69, 9.17) is 4.74 Å². The van der Waals surface area contributed by atoms with Crippen LogP contribution in [-0.4, -0.2) is 56.2 Å². The fourth-order valence-corrected chi connectivity index (χ4v) is 4.16. The molecule has 2 aliphatic rings. The molecule has 0 spiro atoms. The van der Waals surface area contributed by atoms with Crippen LogP contribution in [0.1, 0.15) is 39.5 Å². The summed E-state index contributed by atoms with van der Waals surface area (Å²) in [5, 5.41) is 3.31. The number of amides is 1. The quantitative estimate of drug-likeness (QED) is 0.878. The number of piperazine rings is 1. The molecule has 2 fully saturated rings. The van der Waals surface area contributed by atoms with Crippen molar-refractivity contribution in [3.05, 3.63) is 24.3 Å². The van der Waals surface area contributed by atoms with Crippen LogP contribution in [0.25, 0.3) is 0 Å². The third-order valence-corrected chi connectivity index (χ3v) is 6.12. The van der Waals surface area contributed by atoms with Crippen molar-refractivity contribution in [2.45, 2.75) is 51.6 Å².